The Balaban J connectivity index is 1.84. The topological polar surface area (TPSA) is 62.3 Å². The highest BCUT2D eigenvalue weighted by Crippen LogP contribution is 2.26. The van der Waals surface area contributed by atoms with Gasteiger partial charge in [-0.25, -0.2) is 12.7 Å². The summed E-state index contributed by atoms with van der Waals surface area (Å²) >= 11 is 6.00. The van der Waals surface area contributed by atoms with Crippen molar-refractivity contribution >= 4 is 38.2 Å². The molecular weight excluding hydrogens is 322 g/mol. The molecule has 1 unspecified atom stereocenters. The van der Waals surface area contributed by atoms with Crippen molar-refractivity contribution in [1.29, 1.82) is 0 Å². The lowest BCUT2D eigenvalue weighted by Gasteiger charge is -2.32. The molecule has 1 aromatic heterocycles. The first-order chi connectivity index (χ1) is 10.4. The van der Waals surface area contributed by atoms with Crippen LogP contribution in [0, 0.1) is 0 Å². The van der Waals surface area contributed by atoms with Crippen LogP contribution in [0.25, 0.3) is 10.9 Å². The number of sulfonamides is 1. The quantitative estimate of drug-likeness (QED) is 0.934. The summed E-state index contributed by atoms with van der Waals surface area (Å²) in [5, 5.41) is 5.10. The van der Waals surface area contributed by atoms with Crippen LogP contribution in [0.15, 0.2) is 30.5 Å². The molecule has 0 saturated carbocycles. The predicted molar refractivity (Wildman–Crippen MR) is 89.8 cm³/mol. The van der Waals surface area contributed by atoms with Gasteiger partial charge in [0.1, 0.15) is 0 Å². The molecule has 1 N–H and O–H groups in total. The molecule has 118 valence electrons. The fourth-order valence-electron chi connectivity index (χ4n) is 2.83. The number of rotatable bonds is 3. The molecule has 0 bridgehead atoms. The molecule has 1 atom stereocenters. The van der Waals surface area contributed by atoms with E-state index in [1.54, 1.807) is 6.20 Å². The van der Waals surface area contributed by atoms with E-state index < -0.39 is 10.0 Å². The van der Waals surface area contributed by atoms with Gasteiger partial charge in [-0.2, -0.15) is 0 Å². The molecule has 7 heteroatoms. The van der Waals surface area contributed by atoms with Crippen molar-refractivity contribution < 1.29 is 8.42 Å². The van der Waals surface area contributed by atoms with Crippen LogP contribution in [0.5, 0.6) is 0 Å². The summed E-state index contributed by atoms with van der Waals surface area (Å²) < 4.78 is 25.0. The van der Waals surface area contributed by atoms with E-state index >= 15 is 0 Å². The number of anilines is 1. The van der Waals surface area contributed by atoms with Crippen molar-refractivity contribution in [3.05, 3.63) is 35.5 Å². The Hall–Kier alpha value is -1.37. The van der Waals surface area contributed by atoms with Crippen LogP contribution in [-0.4, -0.2) is 43.1 Å². The van der Waals surface area contributed by atoms with Gasteiger partial charge in [0, 0.05) is 41.4 Å². The van der Waals surface area contributed by atoms with Crippen LogP contribution < -0.4 is 5.32 Å². The van der Waals surface area contributed by atoms with E-state index in [4.69, 9.17) is 11.6 Å². The van der Waals surface area contributed by atoms with Crippen LogP contribution in [0.3, 0.4) is 0 Å². The minimum atomic E-state index is -3.14. The van der Waals surface area contributed by atoms with Crippen LogP contribution in [-0.2, 0) is 10.0 Å². The Kier molecular flexibility index (Phi) is 4.25. The third kappa shape index (κ3) is 3.34. The van der Waals surface area contributed by atoms with Gasteiger partial charge in [-0.1, -0.05) is 11.6 Å². The lowest BCUT2D eigenvalue weighted by Crippen LogP contribution is -2.44. The maximum atomic E-state index is 11.7. The molecule has 3 rings (SSSR count). The molecule has 0 aliphatic carbocycles. The number of piperidine rings is 1. The van der Waals surface area contributed by atoms with Gasteiger partial charge in [-0.3, -0.25) is 4.98 Å². The number of nitrogens with zero attached hydrogens (tertiary/aromatic N) is 2. The Bertz CT molecular complexity index is 794. The van der Waals surface area contributed by atoms with Gasteiger partial charge in [0.2, 0.25) is 10.0 Å². The lowest BCUT2D eigenvalue weighted by atomic mass is 10.1. The van der Waals surface area contributed by atoms with Gasteiger partial charge in [0.25, 0.3) is 0 Å². The second-order valence-corrected chi connectivity index (χ2v) is 8.04. The fourth-order valence-corrected chi connectivity index (χ4v) is 3.91. The van der Waals surface area contributed by atoms with Crippen LogP contribution >= 0.6 is 11.6 Å². The zero-order valence-electron chi connectivity index (χ0n) is 12.3. The first kappa shape index (κ1) is 15.5. The van der Waals surface area contributed by atoms with Gasteiger partial charge in [-0.15, -0.1) is 0 Å². The molecule has 1 fully saturated rings. The number of nitrogens with one attached hydrogen (secondary N) is 1. The Labute approximate surface area is 135 Å². The first-order valence-electron chi connectivity index (χ1n) is 7.19. The molecule has 5 nitrogen and oxygen atoms in total. The van der Waals surface area contributed by atoms with E-state index in [1.807, 2.05) is 24.3 Å². The smallest absolute Gasteiger partial charge is 0.211 e. The van der Waals surface area contributed by atoms with Gasteiger partial charge < -0.3 is 5.32 Å². The highest BCUT2D eigenvalue weighted by atomic mass is 35.5. The number of benzene rings is 1. The lowest BCUT2D eigenvalue weighted by molar-refractivity contribution is 0.329. The van der Waals surface area contributed by atoms with E-state index in [-0.39, 0.29) is 6.04 Å². The number of hydrogen-bond donors (Lipinski definition) is 1. The largest absolute Gasteiger partial charge is 0.380 e. The van der Waals surface area contributed by atoms with Crippen LogP contribution in [0.2, 0.25) is 5.02 Å². The van der Waals surface area contributed by atoms with Gasteiger partial charge >= 0.3 is 0 Å². The summed E-state index contributed by atoms with van der Waals surface area (Å²) in [4.78, 5) is 4.32. The number of pyridine rings is 1. The maximum Gasteiger partial charge on any atom is 0.211 e. The molecule has 2 aromatic rings. The molecule has 0 spiro atoms. The van der Waals surface area contributed by atoms with Crippen LogP contribution in [0.1, 0.15) is 12.8 Å². The monoisotopic (exact) mass is 339 g/mol. The number of fused-ring (bicyclic) bond motifs is 1. The van der Waals surface area contributed by atoms with E-state index in [9.17, 15) is 8.42 Å². The first-order valence-corrected chi connectivity index (χ1v) is 9.42. The summed E-state index contributed by atoms with van der Waals surface area (Å²) in [5.41, 5.74) is 1.79. The van der Waals surface area contributed by atoms with Gasteiger partial charge in [-0.05, 0) is 37.1 Å². The van der Waals surface area contributed by atoms with Crippen molar-refractivity contribution in [3.8, 4) is 0 Å². The number of halogens is 1. The zero-order valence-corrected chi connectivity index (χ0v) is 13.9. The maximum absolute atomic E-state index is 11.7. The van der Waals surface area contributed by atoms with E-state index in [0.717, 1.165) is 29.4 Å². The van der Waals surface area contributed by atoms with Crippen LogP contribution in [0.4, 0.5) is 5.69 Å². The third-order valence-corrected chi connectivity index (χ3v) is 5.42. The van der Waals surface area contributed by atoms with Crippen molar-refractivity contribution in [1.82, 2.24) is 9.29 Å². The van der Waals surface area contributed by atoms with Gasteiger partial charge in [0.15, 0.2) is 0 Å². The Morgan fingerprint density at radius 2 is 2.18 bits per heavy atom. The molecular formula is C15H18ClN3O2S. The summed E-state index contributed by atoms with van der Waals surface area (Å²) in [6, 6.07) is 7.61. The molecule has 1 aliphatic rings. The molecule has 0 amide bonds. The van der Waals surface area contributed by atoms with Crippen molar-refractivity contribution in [2.24, 2.45) is 0 Å². The van der Waals surface area contributed by atoms with E-state index in [0.29, 0.717) is 18.1 Å². The third-order valence-electron chi connectivity index (χ3n) is 3.92. The fraction of sp³-hybridized carbons (Fsp3) is 0.400. The number of aromatic nitrogens is 1. The van der Waals surface area contributed by atoms with Crippen molar-refractivity contribution in [2.45, 2.75) is 18.9 Å². The average molecular weight is 340 g/mol. The Morgan fingerprint density at radius 3 is 2.95 bits per heavy atom. The minimum Gasteiger partial charge on any atom is -0.380 e. The van der Waals surface area contributed by atoms with E-state index in [2.05, 4.69) is 10.3 Å². The summed E-state index contributed by atoms with van der Waals surface area (Å²) in [6.07, 6.45) is 4.81. The molecule has 22 heavy (non-hydrogen) atoms. The molecule has 1 aliphatic heterocycles. The normalized spacial score (nSPS) is 20.2. The zero-order chi connectivity index (χ0) is 15.7. The minimum absolute atomic E-state index is 0.102. The highest BCUT2D eigenvalue weighted by molar-refractivity contribution is 7.88. The molecule has 1 aromatic carbocycles. The van der Waals surface area contributed by atoms with Crippen molar-refractivity contribution in [3.63, 3.8) is 0 Å². The summed E-state index contributed by atoms with van der Waals surface area (Å²) in [7, 11) is -3.14. The highest BCUT2D eigenvalue weighted by Gasteiger charge is 2.26. The SMILES string of the molecule is CS(=O)(=O)N1CCCC(Nc2ccnc3cc(Cl)ccc23)C1. The number of hydrogen-bond acceptors (Lipinski definition) is 4. The second kappa shape index (κ2) is 6.02. The molecule has 1 saturated heterocycles. The molecule has 0 radical (unpaired) electrons. The van der Waals surface area contributed by atoms with E-state index in [1.165, 1.54) is 10.6 Å². The Morgan fingerprint density at radius 1 is 1.36 bits per heavy atom. The van der Waals surface area contributed by atoms with Crippen molar-refractivity contribution in [2.75, 3.05) is 24.7 Å². The second-order valence-electron chi connectivity index (χ2n) is 5.62. The summed E-state index contributed by atoms with van der Waals surface area (Å²) in [5.74, 6) is 0. The average Bonchev–Trinajstić information content (AvgIpc) is 2.46. The summed E-state index contributed by atoms with van der Waals surface area (Å²) in [6.45, 7) is 1.10. The standard InChI is InChI=1S/C15H18ClN3O2S/c1-22(20,21)19-8-2-3-12(10-19)18-14-6-7-17-15-9-11(16)4-5-13(14)15/h4-7,9,12H,2-3,8,10H2,1H3,(H,17,18). The van der Waals surface area contributed by atoms with Gasteiger partial charge in [0.05, 0.1) is 11.8 Å². The molecule has 2 heterocycles. The predicted octanol–water partition coefficient (Wildman–Crippen LogP) is 2.72.